The van der Waals surface area contributed by atoms with Gasteiger partial charge >= 0.3 is 0 Å². The molecule has 2 aromatic carbocycles. The molecular weight excluding hydrogens is 488 g/mol. The predicted molar refractivity (Wildman–Crippen MR) is 145 cm³/mol. The van der Waals surface area contributed by atoms with Crippen molar-refractivity contribution in [1.29, 1.82) is 0 Å². The average molecular weight is 513 g/mol. The van der Waals surface area contributed by atoms with E-state index in [9.17, 15) is 14.4 Å². The van der Waals surface area contributed by atoms with E-state index in [1.807, 2.05) is 47.4 Å². The molecule has 2 aromatic heterocycles. The number of rotatable bonds is 8. The van der Waals surface area contributed by atoms with Crippen LogP contribution in [-0.2, 0) is 4.79 Å². The zero-order valence-corrected chi connectivity index (χ0v) is 20.8. The average Bonchev–Trinajstić information content (AvgIpc) is 3.66. The predicted octanol–water partition coefficient (Wildman–Crippen LogP) is 4.25. The van der Waals surface area contributed by atoms with Crippen LogP contribution in [0.1, 0.15) is 26.5 Å². The van der Waals surface area contributed by atoms with Crippen LogP contribution in [0.3, 0.4) is 0 Å². The van der Waals surface area contributed by atoms with Crippen LogP contribution in [0.5, 0.6) is 0 Å². The molecule has 0 atom stereocenters. The van der Waals surface area contributed by atoms with E-state index in [0.717, 1.165) is 21.8 Å². The fourth-order valence-electron chi connectivity index (χ4n) is 4.08. The van der Waals surface area contributed by atoms with Crippen LogP contribution in [0, 0.1) is 0 Å². The number of fused-ring (bicyclic) bond motifs is 1. The molecule has 186 valence electrons. The lowest BCUT2D eigenvalue weighted by molar-refractivity contribution is -0.117. The Balaban J connectivity index is 1.42. The van der Waals surface area contributed by atoms with Crippen molar-refractivity contribution in [2.75, 3.05) is 28.7 Å². The number of allylic oxidation sites excluding steroid dienone is 1. The lowest BCUT2D eigenvalue weighted by Gasteiger charge is -2.20. The fourth-order valence-corrected chi connectivity index (χ4v) is 4.98. The summed E-state index contributed by atoms with van der Waals surface area (Å²) in [6.07, 6.45) is 5.11. The Hall–Kier alpha value is -4.70. The van der Waals surface area contributed by atoms with Crippen molar-refractivity contribution in [3.63, 3.8) is 0 Å². The van der Waals surface area contributed by atoms with Crippen molar-refractivity contribution >= 4 is 46.0 Å². The van der Waals surface area contributed by atoms with Crippen molar-refractivity contribution in [2.24, 2.45) is 5.73 Å². The molecule has 0 radical (unpaired) electrons. The number of hydrogen-bond donors (Lipinski definition) is 3. The van der Waals surface area contributed by atoms with Crippen LogP contribution in [0.2, 0.25) is 0 Å². The highest BCUT2D eigenvalue weighted by Crippen LogP contribution is 2.39. The highest BCUT2D eigenvalue weighted by molar-refractivity contribution is 7.17. The van der Waals surface area contributed by atoms with Gasteiger partial charge in [-0.25, -0.2) is 0 Å². The number of carbonyl (C=O) groups excluding carboxylic acids is 3. The first-order valence-electron chi connectivity index (χ1n) is 11.6. The van der Waals surface area contributed by atoms with Crippen molar-refractivity contribution in [1.82, 2.24) is 10.2 Å². The Morgan fingerprint density at radius 2 is 1.92 bits per heavy atom. The number of carbonyl (C=O) groups is 3. The number of ketones is 1. The molecule has 10 heteroatoms. The van der Waals surface area contributed by atoms with Gasteiger partial charge < -0.3 is 20.9 Å². The molecule has 0 aliphatic carbocycles. The summed E-state index contributed by atoms with van der Waals surface area (Å²) in [5.41, 5.74) is 9.09. The summed E-state index contributed by atoms with van der Waals surface area (Å²) >= 11 is 1.37. The summed E-state index contributed by atoms with van der Waals surface area (Å²) < 4.78 is 0. The van der Waals surface area contributed by atoms with Crippen molar-refractivity contribution in [2.45, 2.75) is 6.42 Å². The van der Waals surface area contributed by atoms with Gasteiger partial charge in [0, 0.05) is 54.0 Å². The number of nitrogens with zero attached hydrogens (tertiary/aromatic N) is 3. The summed E-state index contributed by atoms with van der Waals surface area (Å²) in [5.74, 6) is -0.211. The van der Waals surface area contributed by atoms with E-state index in [4.69, 9.17) is 5.73 Å². The van der Waals surface area contributed by atoms with E-state index < -0.39 is 5.91 Å². The summed E-state index contributed by atoms with van der Waals surface area (Å²) in [6.45, 7) is 0.303. The van der Waals surface area contributed by atoms with Crippen molar-refractivity contribution in [3.05, 3.63) is 95.4 Å². The third kappa shape index (κ3) is 5.00. The van der Waals surface area contributed by atoms with Crippen LogP contribution in [0.4, 0.5) is 17.1 Å². The Morgan fingerprint density at radius 1 is 1.11 bits per heavy atom. The second kappa shape index (κ2) is 10.1. The van der Waals surface area contributed by atoms with E-state index in [0.29, 0.717) is 28.5 Å². The molecule has 0 saturated heterocycles. The third-order valence-corrected chi connectivity index (χ3v) is 7.17. The molecule has 4 aromatic rings. The van der Waals surface area contributed by atoms with Crippen molar-refractivity contribution in [3.8, 4) is 10.4 Å². The van der Waals surface area contributed by atoms with Crippen LogP contribution >= 0.6 is 11.3 Å². The lowest BCUT2D eigenvalue weighted by Crippen LogP contribution is -2.27. The molecule has 3 heterocycles. The molecule has 2 amide bonds. The number of anilines is 3. The molecular formula is C27H24N6O3S. The van der Waals surface area contributed by atoms with Crippen LogP contribution in [0.15, 0.2) is 85.0 Å². The molecule has 37 heavy (non-hydrogen) atoms. The first-order chi connectivity index (χ1) is 17.9. The second-order valence-corrected chi connectivity index (χ2v) is 9.55. The number of amides is 2. The zero-order chi connectivity index (χ0) is 25.9. The Bertz CT molecular complexity index is 1490. The van der Waals surface area contributed by atoms with Gasteiger partial charge in [-0.05, 0) is 42.5 Å². The number of aromatic amines is 1. The number of nitrogens with one attached hydrogen (secondary N) is 2. The molecule has 0 bridgehead atoms. The largest absolute Gasteiger partial charge is 0.370 e. The van der Waals surface area contributed by atoms with Crippen LogP contribution < -0.4 is 20.9 Å². The summed E-state index contributed by atoms with van der Waals surface area (Å²) in [7, 11) is 1.71. The van der Waals surface area contributed by atoms with E-state index in [1.54, 1.807) is 42.5 Å². The minimum atomic E-state index is -0.438. The lowest BCUT2D eigenvalue weighted by atomic mass is 10.1. The highest BCUT2D eigenvalue weighted by Gasteiger charge is 2.27. The fraction of sp³-hybridized carbons (Fsp3) is 0.111. The second-order valence-electron chi connectivity index (χ2n) is 8.47. The minimum Gasteiger partial charge on any atom is -0.370 e. The Labute approximate surface area is 217 Å². The molecule has 5 rings (SSSR count). The molecule has 4 N–H and O–H groups in total. The van der Waals surface area contributed by atoms with Gasteiger partial charge in [-0.3, -0.25) is 19.5 Å². The first-order valence-corrected chi connectivity index (χ1v) is 12.4. The van der Waals surface area contributed by atoms with Gasteiger partial charge in [0.1, 0.15) is 5.82 Å². The number of nitrogens with two attached hydrogens (primary N) is 1. The van der Waals surface area contributed by atoms with Gasteiger partial charge in [-0.2, -0.15) is 5.10 Å². The number of benzene rings is 2. The number of thiophene rings is 1. The maximum Gasteiger partial charge on any atom is 0.258 e. The van der Waals surface area contributed by atoms with Gasteiger partial charge in [-0.1, -0.05) is 18.2 Å². The quantitative estimate of drug-likeness (QED) is 0.240. The first kappa shape index (κ1) is 24.0. The molecule has 0 saturated carbocycles. The van der Waals surface area contributed by atoms with Gasteiger partial charge in [0.25, 0.3) is 5.91 Å². The van der Waals surface area contributed by atoms with E-state index in [1.165, 1.54) is 17.4 Å². The normalized spacial score (nSPS) is 13.3. The number of H-pyrrole nitrogens is 1. The van der Waals surface area contributed by atoms with Gasteiger partial charge in [-0.15, -0.1) is 11.3 Å². The minimum absolute atomic E-state index is 0.116. The molecule has 9 nitrogen and oxygen atoms in total. The zero-order valence-electron chi connectivity index (χ0n) is 20.0. The maximum atomic E-state index is 13.1. The van der Waals surface area contributed by atoms with Crippen LogP contribution in [0.25, 0.3) is 10.4 Å². The number of primary amides is 1. The molecule has 0 unspecified atom stereocenters. The maximum absolute atomic E-state index is 13.1. The van der Waals surface area contributed by atoms with E-state index in [2.05, 4.69) is 15.5 Å². The van der Waals surface area contributed by atoms with Gasteiger partial charge in [0.15, 0.2) is 5.78 Å². The summed E-state index contributed by atoms with van der Waals surface area (Å²) in [6, 6.07) is 18.3. The molecule has 1 aliphatic heterocycles. The molecule has 0 fully saturated rings. The third-order valence-electron chi connectivity index (χ3n) is 6.02. The topological polar surface area (TPSA) is 124 Å². The highest BCUT2D eigenvalue weighted by atomic mass is 32.1. The number of hydrogen-bond acceptors (Lipinski definition) is 7. The smallest absolute Gasteiger partial charge is 0.258 e. The SMILES string of the molecule is CN(C(=O)c1ccccc1)c1ccc2c(c1)N/C(=C\C(=O)c1ccc(-c3cn[nH]c3)s1)N2CCC(N)=O. The number of aromatic nitrogens is 2. The van der Waals surface area contributed by atoms with Crippen LogP contribution in [-0.4, -0.2) is 41.4 Å². The van der Waals surface area contributed by atoms with E-state index >= 15 is 0 Å². The standard InChI is InChI=1S/C27H24N6O3S/c1-32(27(36)17-5-3-2-4-6-17)19-7-8-21-20(13-19)31-26(33(21)12-11-25(28)35)14-22(34)24-10-9-23(37-24)18-15-29-30-16-18/h2-10,13-16,31H,11-12H2,1H3,(H2,28,35)(H,29,30)/b26-14+. The monoisotopic (exact) mass is 512 g/mol. The Kier molecular flexibility index (Phi) is 6.57. The van der Waals surface area contributed by atoms with E-state index in [-0.39, 0.29) is 18.1 Å². The molecule has 0 spiro atoms. The van der Waals surface area contributed by atoms with Crippen molar-refractivity contribution < 1.29 is 14.4 Å². The Morgan fingerprint density at radius 3 is 2.65 bits per heavy atom. The summed E-state index contributed by atoms with van der Waals surface area (Å²) in [4.78, 5) is 42.5. The van der Waals surface area contributed by atoms with Gasteiger partial charge in [0.2, 0.25) is 5.91 Å². The van der Waals surface area contributed by atoms with Gasteiger partial charge in [0.05, 0.1) is 22.4 Å². The molecule has 1 aliphatic rings. The summed E-state index contributed by atoms with van der Waals surface area (Å²) in [5, 5.41) is 10.0.